The lowest BCUT2D eigenvalue weighted by Gasteiger charge is -2.26. The molecule has 1 heterocycles. The Labute approximate surface area is 196 Å². The summed E-state index contributed by atoms with van der Waals surface area (Å²) in [6.45, 7) is 8.55. The lowest BCUT2D eigenvalue weighted by molar-refractivity contribution is 0.0846. The summed E-state index contributed by atoms with van der Waals surface area (Å²) in [5.74, 6) is -1.03. The maximum absolute atomic E-state index is 13.0. The first-order valence-corrected chi connectivity index (χ1v) is 12.8. The van der Waals surface area contributed by atoms with E-state index in [0.29, 0.717) is 24.2 Å². The minimum absolute atomic E-state index is 0.0819. The lowest BCUT2D eigenvalue weighted by Crippen LogP contribution is -2.42. The van der Waals surface area contributed by atoms with Crippen LogP contribution in [0.5, 0.6) is 0 Å². The molecule has 8 nitrogen and oxygen atoms in total. The Morgan fingerprint density at radius 2 is 1.52 bits per heavy atom. The molecule has 0 bridgehead atoms. The van der Waals surface area contributed by atoms with E-state index in [1.54, 1.807) is 25.1 Å². The van der Waals surface area contributed by atoms with Crippen molar-refractivity contribution < 1.29 is 18.0 Å². The normalized spacial score (nSPS) is 14.5. The van der Waals surface area contributed by atoms with E-state index in [-0.39, 0.29) is 10.5 Å². The number of nitrogens with one attached hydrogen (secondary N) is 2. The molecular weight excluding hydrogens is 440 g/mol. The van der Waals surface area contributed by atoms with Crippen LogP contribution >= 0.6 is 0 Å². The van der Waals surface area contributed by atoms with Crippen molar-refractivity contribution in [2.24, 2.45) is 0 Å². The molecular formula is C24H32N4O4S. The fraction of sp³-hybridized carbons (Fsp3) is 0.417. The van der Waals surface area contributed by atoms with Crippen LogP contribution in [0.4, 0.5) is 5.69 Å². The van der Waals surface area contributed by atoms with Crippen molar-refractivity contribution in [3.63, 3.8) is 0 Å². The largest absolute Gasteiger partial charge is 0.372 e. The number of anilines is 1. The van der Waals surface area contributed by atoms with E-state index < -0.39 is 21.8 Å². The van der Waals surface area contributed by atoms with Gasteiger partial charge in [0.25, 0.3) is 11.8 Å². The van der Waals surface area contributed by atoms with E-state index in [9.17, 15) is 18.0 Å². The number of carbonyl (C=O) groups excluding carboxylic acids is 2. The minimum Gasteiger partial charge on any atom is -0.372 e. The monoisotopic (exact) mass is 472 g/mol. The highest BCUT2D eigenvalue weighted by atomic mass is 32.2. The van der Waals surface area contributed by atoms with Crippen molar-refractivity contribution in [2.45, 2.75) is 44.9 Å². The van der Waals surface area contributed by atoms with Crippen LogP contribution < -0.4 is 15.8 Å². The van der Waals surface area contributed by atoms with Gasteiger partial charge < -0.3 is 4.90 Å². The third-order valence-electron chi connectivity index (χ3n) is 5.95. The first kappa shape index (κ1) is 24.7. The highest BCUT2D eigenvalue weighted by Crippen LogP contribution is 2.23. The number of hydrogen-bond donors (Lipinski definition) is 2. The zero-order valence-corrected chi connectivity index (χ0v) is 20.2. The molecule has 2 N–H and O–H groups in total. The number of amides is 2. The van der Waals surface area contributed by atoms with Crippen LogP contribution in [0.15, 0.2) is 47.4 Å². The Kier molecular flexibility index (Phi) is 8.10. The van der Waals surface area contributed by atoms with Crippen molar-refractivity contribution in [2.75, 3.05) is 31.1 Å². The fourth-order valence-electron chi connectivity index (χ4n) is 3.93. The summed E-state index contributed by atoms with van der Waals surface area (Å²) in [7, 11) is -3.66. The number of benzene rings is 2. The van der Waals surface area contributed by atoms with Crippen molar-refractivity contribution in [1.82, 2.24) is 15.2 Å². The SMILES string of the molecule is CCN(CC)c1ccc(C(=O)NNC(=O)c2cc(S(=O)(=O)N3CCCCC3)ccc2C)cc1. The number of rotatable bonds is 7. The summed E-state index contributed by atoms with van der Waals surface area (Å²) < 4.78 is 27.4. The fourth-order valence-corrected chi connectivity index (χ4v) is 5.47. The van der Waals surface area contributed by atoms with Crippen LogP contribution in [-0.2, 0) is 10.0 Å². The first-order chi connectivity index (χ1) is 15.8. The highest BCUT2D eigenvalue weighted by Gasteiger charge is 2.27. The average molecular weight is 473 g/mol. The van der Waals surface area contributed by atoms with Gasteiger partial charge in [-0.2, -0.15) is 4.31 Å². The second kappa shape index (κ2) is 10.8. The summed E-state index contributed by atoms with van der Waals surface area (Å²) >= 11 is 0. The van der Waals surface area contributed by atoms with Crippen molar-refractivity contribution in [1.29, 1.82) is 0 Å². The van der Waals surface area contributed by atoms with Gasteiger partial charge in [0.05, 0.1) is 4.90 Å². The summed E-state index contributed by atoms with van der Waals surface area (Å²) in [5, 5.41) is 0. The minimum atomic E-state index is -3.66. The molecule has 2 aromatic rings. The maximum atomic E-state index is 13.0. The third kappa shape index (κ3) is 5.72. The second-order valence-corrected chi connectivity index (χ2v) is 10.0. The van der Waals surface area contributed by atoms with Crippen LogP contribution in [0.1, 0.15) is 59.4 Å². The molecule has 9 heteroatoms. The van der Waals surface area contributed by atoms with Gasteiger partial charge in [0, 0.05) is 43.0 Å². The smallest absolute Gasteiger partial charge is 0.270 e. The Morgan fingerprint density at radius 1 is 0.909 bits per heavy atom. The van der Waals surface area contributed by atoms with Crippen molar-refractivity contribution in [3.8, 4) is 0 Å². The molecule has 1 fully saturated rings. The maximum Gasteiger partial charge on any atom is 0.270 e. The van der Waals surface area contributed by atoms with E-state index in [1.807, 2.05) is 12.1 Å². The van der Waals surface area contributed by atoms with Gasteiger partial charge in [0.15, 0.2) is 0 Å². The number of sulfonamides is 1. The molecule has 0 spiro atoms. The number of nitrogens with zero attached hydrogens (tertiary/aromatic N) is 2. The number of hydrazine groups is 1. The molecule has 0 atom stereocenters. The standard InChI is InChI=1S/C24H32N4O4S/c1-4-27(5-2)20-12-10-19(11-13-20)23(29)25-26-24(30)22-17-21(14-9-18(22)3)33(31,32)28-15-7-6-8-16-28/h9-14,17H,4-8,15-16H2,1-3H3,(H,25,29)(H,26,30). The van der Waals surface area contributed by atoms with Gasteiger partial charge in [0.1, 0.15) is 0 Å². The van der Waals surface area contributed by atoms with Gasteiger partial charge in [-0.05, 0) is 75.6 Å². The van der Waals surface area contributed by atoms with Gasteiger partial charge in [-0.15, -0.1) is 0 Å². The molecule has 1 aliphatic heterocycles. The van der Waals surface area contributed by atoms with Crippen LogP contribution in [-0.4, -0.2) is 50.7 Å². The van der Waals surface area contributed by atoms with Gasteiger partial charge >= 0.3 is 0 Å². The summed E-state index contributed by atoms with van der Waals surface area (Å²) in [4.78, 5) is 27.5. The molecule has 1 aliphatic rings. The topological polar surface area (TPSA) is 98.8 Å². The quantitative estimate of drug-likeness (QED) is 0.604. The molecule has 0 saturated carbocycles. The van der Waals surface area contributed by atoms with Crippen molar-refractivity contribution in [3.05, 3.63) is 59.2 Å². The molecule has 2 aromatic carbocycles. The van der Waals surface area contributed by atoms with E-state index in [1.165, 1.54) is 16.4 Å². The Bertz CT molecular complexity index is 1090. The molecule has 0 radical (unpaired) electrons. The Morgan fingerprint density at radius 3 is 2.12 bits per heavy atom. The summed E-state index contributed by atoms with van der Waals surface area (Å²) in [5.41, 5.74) is 7.05. The molecule has 0 aliphatic carbocycles. The summed E-state index contributed by atoms with van der Waals surface area (Å²) in [6.07, 6.45) is 2.69. The van der Waals surface area contributed by atoms with Gasteiger partial charge in [-0.25, -0.2) is 8.42 Å². The number of aryl methyl sites for hydroxylation is 1. The molecule has 33 heavy (non-hydrogen) atoms. The molecule has 0 unspecified atom stereocenters. The number of hydrogen-bond acceptors (Lipinski definition) is 5. The third-order valence-corrected chi connectivity index (χ3v) is 7.85. The zero-order chi connectivity index (χ0) is 24.0. The molecule has 3 rings (SSSR count). The number of piperidine rings is 1. The first-order valence-electron chi connectivity index (χ1n) is 11.3. The zero-order valence-electron chi connectivity index (χ0n) is 19.4. The van der Waals surface area contributed by atoms with E-state index >= 15 is 0 Å². The van der Waals surface area contributed by atoms with E-state index in [2.05, 4.69) is 29.6 Å². The average Bonchev–Trinajstić information content (AvgIpc) is 2.84. The van der Waals surface area contributed by atoms with E-state index in [0.717, 1.165) is 38.0 Å². The molecule has 1 saturated heterocycles. The van der Waals surface area contributed by atoms with Crippen molar-refractivity contribution >= 4 is 27.5 Å². The van der Waals surface area contributed by atoms with E-state index in [4.69, 9.17) is 0 Å². The molecule has 0 aromatic heterocycles. The van der Waals surface area contributed by atoms with Gasteiger partial charge in [-0.1, -0.05) is 12.5 Å². The Hall–Kier alpha value is -2.91. The predicted octanol–water partition coefficient (Wildman–Crippen LogP) is 3.09. The van der Waals surface area contributed by atoms with Gasteiger partial charge in [0.2, 0.25) is 10.0 Å². The van der Waals surface area contributed by atoms with Crippen LogP contribution in [0.2, 0.25) is 0 Å². The van der Waals surface area contributed by atoms with Crippen LogP contribution in [0.3, 0.4) is 0 Å². The highest BCUT2D eigenvalue weighted by molar-refractivity contribution is 7.89. The lowest BCUT2D eigenvalue weighted by atomic mass is 10.1. The Balaban J connectivity index is 1.69. The predicted molar refractivity (Wildman–Crippen MR) is 129 cm³/mol. The van der Waals surface area contributed by atoms with Crippen LogP contribution in [0, 0.1) is 6.92 Å². The molecule has 2 amide bonds. The summed E-state index contributed by atoms with van der Waals surface area (Å²) in [6, 6.07) is 11.6. The molecule has 178 valence electrons. The van der Waals surface area contributed by atoms with Gasteiger partial charge in [-0.3, -0.25) is 20.4 Å². The second-order valence-electron chi connectivity index (χ2n) is 8.07. The van der Waals surface area contributed by atoms with Crippen LogP contribution in [0.25, 0.3) is 0 Å². The number of carbonyl (C=O) groups is 2.